The lowest BCUT2D eigenvalue weighted by atomic mass is 10.2. The van der Waals surface area contributed by atoms with E-state index in [2.05, 4.69) is 11.8 Å². The van der Waals surface area contributed by atoms with Crippen LogP contribution in [0.5, 0.6) is 0 Å². The maximum atomic E-state index is 12.5. The van der Waals surface area contributed by atoms with E-state index in [1.54, 1.807) is 18.1 Å². The quantitative estimate of drug-likeness (QED) is 0.795. The molecule has 0 unspecified atom stereocenters. The van der Waals surface area contributed by atoms with Crippen LogP contribution < -0.4 is 5.73 Å². The van der Waals surface area contributed by atoms with E-state index in [-0.39, 0.29) is 12.5 Å². The molecule has 0 aromatic carbocycles. The SMILES string of the molecule is COCCN(CCC#N)C(=O)c1sccc1C#CCN. The Labute approximate surface area is 122 Å². The molecule has 1 rings (SSSR count). The number of rotatable bonds is 6. The zero-order valence-corrected chi connectivity index (χ0v) is 12.2. The van der Waals surface area contributed by atoms with Crippen molar-refractivity contribution in [2.45, 2.75) is 6.42 Å². The number of carbonyl (C=O) groups excluding carboxylic acids is 1. The molecular formula is C14H17N3O2S. The molecule has 6 heteroatoms. The Bertz CT molecular complexity index is 537. The van der Waals surface area contributed by atoms with Gasteiger partial charge in [0.15, 0.2) is 0 Å². The smallest absolute Gasteiger partial charge is 0.265 e. The third-order valence-corrected chi connectivity index (χ3v) is 3.43. The van der Waals surface area contributed by atoms with Crippen molar-refractivity contribution >= 4 is 17.2 Å². The number of hydrogen-bond donors (Lipinski definition) is 1. The van der Waals surface area contributed by atoms with Crippen LogP contribution in [-0.2, 0) is 4.74 Å². The van der Waals surface area contributed by atoms with Crippen molar-refractivity contribution in [3.8, 4) is 17.9 Å². The summed E-state index contributed by atoms with van der Waals surface area (Å²) in [5.41, 5.74) is 6.03. The van der Waals surface area contributed by atoms with Crippen LogP contribution >= 0.6 is 11.3 Å². The van der Waals surface area contributed by atoms with Gasteiger partial charge in [0, 0.05) is 25.8 Å². The van der Waals surface area contributed by atoms with Gasteiger partial charge >= 0.3 is 0 Å². The number of ether oxygens (including phenoxy) is 1. The standard InChI is InChI=1S/C14H17N3O2S/c1-19-10-9-17(8-3-7-16)14(18)13-12(4-2-6-15)5-11-20-13/h5,11H,3,6,8-10,15H2,1H3. The first-order chi connectivity index (χ1) is 9.74. The molecule has 0 fully saturated rings. The number of amides is 1. The molecule has 0 saturated heterocycles. The van der Waals surface area contributed by atoms with Gasteiger partial charge in [0.05, 0.1) is 25.6 Å². The molecule has 1 aromatic rings. The van der Waals surface area contributed by atoms with Crippen molar-refractivity contribution in [1.29, 1.82) is 5.26 Å². The fourth-order valence-corrected chi connectivity index (χ4v) is 2.38. The molecule has 0 radical (unpaired) electrons. The molecule has 5 nitrogen and oxygen atoms in total. The third-order valence-electron chi connectivity index (χ3n) is 2.53. The second-order valence-electron chi connectivity index (χ2n) is 3.86. The van der Waals surface area contributed by atoms with Crippen LogP contribution in [0.3, 0.4) is 0 Å². The largest absolute Gasteiger partial charge is 0.383 e. The molecule has 0 spiro atoms. The minimum Gasteiger partial charge on any atom is -0.383 e. The van der Waals surface area contributed by atoms with Crippen LogP contribution in [-0.4, -0.2) is 44.2 Å². The van der Waals surface area contributed by atoms with E-state index in [1.807, 2.05) is 11.4 Å². The molecule has 20 heavy (non-hydrogen) atoms. The van der Waals surface area contributed by atoms with Crippen molar-refractivity contribution in [2.75, 3.05) is 33.4 Å². The summed E-state index contributed by atoms with van der Waals surface area (Å²) in [7, 11) is 1.58. The van der Waals surface area contributed by atoms with E-state index < -0.39 is 0 Å². The zero-order valence-electron chi connectivity index (χ0n) is 11.4. The summed E-state index contributed by atoms with van der Waals surface area (Å²) in [6.45, 7) is 1.54. The van der Waals surface area contributed by atoms with Crippen LogP contribution in [0, 0.1) is 23.2 Å². The summed E-state index contributed by atoms with van der Waals surface area (Å²) >= 11 is 1.35. The molecule has 0 aliphatic carbocycles. The highest BCUT2D eigenvalue weighted by Gasteiger charge is 2.19. The normalized spacial score (nSPS) is 9.45. The lowest BCUT2D eigenvalue weighted by Crippen LogP contribution is -2.34. The van der Waals surface area contributed by atoms with Crippen LogP contribution in [0.25, 0.3) is 0 Å². The van der Waals surface area contributed by atoms with Gasteiger partial charge in [-0.3, -0.25) is 4.79 Å². The topological polar surface area (TPSA) is 79.3 Å². The molecule has 0 aliphatic heterocycles. The number of carbonyl (C=O) groups is 1. The van der Waals surface area contributed by atoms with Crippen LogP contribution in [0.15, 0.2) is 11.4 Å². The molecule has 2 N–H and O–H groups in total. The Morgan fingerprint density at radius 1 is 1.55 bits per heavy atom. The Morgan fingerprint density at radius 3 is 3.00 bits per heavy atom. The molecular weight excluding hydrogens is 274 g/mol. The zero-order chi connectivity index (χ0) is 14.8. The Morgan fingerprint density at radius 2 is 2.35 bits per heavy atom. The number of hydrogen-bond acceptors (Lipinski definition) is 5. The predicted molar refractivity (Wildman–Crippen MR) is 78.3 cm³/mol. The summed E-state index contributed by atoms with van der Waals surface area (Å²) < 4.78 is 5.00. The first-order valence-electron chi connectivity index (χ1n) is 6.16. The Hall–Kier alpha value is -1.86. The monoisotopic (exact) mass is 291 g/mol. The number of nitrogens with two attached hydrogens (primary N) is 1. The van der Waals surface area contributed by atoms with E-state index in [4.69, 9.17) is 15.7 Å². The fourth-order valence-electron chi connectivity index (χ4n) is 1.56. The van der Waals surface area contributed by atoms with Crippen LogP contribution in [0.1, 0.15) is 21.7 Å². The van der Waals surface area contributed by atoms with Crippen molar-refractivity contribution < 1.29 is 9.53 Å². The van der Waals surface area contributed by atoms with Crippen molar-refractivity contribution in [3.63, 3.8) is 0 Å². The minimum absolute atomic E-state index is 0.117. The lowest BCUT2D eigenvalue weighted by Gasteiger charge is -2.20. The minimum atomic E-state index is -0.117. The van der Waals surface area contributed by atoms with Gasteiger partial charge in [-0.2, -0.15) is 5.26 Å². The molecule has 0 bridgehead atoms. The van der Waals surface area contributed by atoms with Gasteiger partial charge in [-0.1, -0.05) is 11.8 Å². The molecule has 0 aliphatic rings. The molecule has 0 atom stereocenters. The summed E-state index contributed by atoms with van der Waals surface area (Å²) in [6.07, 6.45) is 0.296. The maximum Gasteiger partial charge on any atom is 0.265 e. The summed E-state index contributed by atoms with van der Waals surface area (Å²) in [5, 5.41) is 10.5. The van der Waals surface area contributed by atoms with Gasteiger partial charge < -0.3 is 15.4 Å². The Balaban J connectivity index is 2.88. The second kappa shape index (κ2) is 9.11. The summed E-state index contributed by atoms with van der Waals surface area (Å²) in [6, 6.07) is 3.85. The van der Waals surface area contributed by atoms with Gasteiger partial charge in [0.2, 0.25) is 0 Å². The number of methoxy groups -OCH3 is 1. The molecule has 1 heterocycles. The second-order valence-corrected chi connectivity index (χ2v) is 4.78. The van der Waals surface area contributed by atoms with Crippen molar-refractivity contribution in [2.24, 2.45) is 5.73 Å². The fraction of sp³-hybridized carbons (Fsp3) is 0.429. The van der Waals surface area contributed by atoms with E-state index in [9.17, 15) is 4.79 Å². The average molecular weight is 291 g/mol. The van der Waals surface area contributed by atoms with Crippen molar-refractivity contribution in [1.82, 2.24) is 4.90 Å². The van der Waals surface area contributed by atoms with Gasteiger partial charge in [-0.15, -0.1) is 11.3 Å². The average Bonchev–Trinajstić information content (AvgIpc) is 2.93. The number of nitriles is 1. The van der Waals surface area contributed by atoms with Gasteiger partial charge in [0.1, 0.15) is 4.88 Å². The van der Waals surface area contributed by atoms with E-state index in [0.29, 0.717) is 36.6 Å². The number of thiophene rings is 1. The highest BCUT2D eigenvalue weighted by Crippen LogP contribution is 2.18. The molecule has 1 aromatic heterocycles. The summed E-state index contributed by atoms with van der Waals surface area (Å²) in [4.78, 5) is 14.7. The summed E-state index contributed by atoms with van der Waals surface area (Å²) in [5.74, 6) is 5.52. The molecule has 1 amide bonds. The van der Waals surface area contributed by atoms with E-state index in [1.165, 1.54) is 11.3 Å². The first kappa shape index (κ1) is 16.2. The Kier molecular flexibility index (Phi) is 7.38. The molecule has 0 saturated carbocycles. The predicted octanol–water partition coefficient (Wildman–Crippen LogP) is 1.06. The third kappa shape index (κ3) is 4.67. The van der Waals surface area contributed by atoms with Crippen LogP contribution in [0.2, 0.25) is 0 Å². The van der Waals surface area contributed by atoms with E-state index >= 15 is 0 Å². The highest BCUT2D eigenvalue weighted by atomic mass is 32.1. The highest BCUT2D eigenvalue weighted by molar-refractivity contribution is 7.12. The van der Waals surface area contributed by atoms with Crippen molar-refractivity contribution in [3.05, 3.63) is 21.9 Å². The molecule has 106 valence electrons. The van der Waals surface area contributed by atoms with Gasteiger partial charge in [-0.25, -0.2) is 0 Å². The van der Waals surface area contributed by atoms with Gasteiger partial charge in [0.25, 0.3) is 5.91 Å². The maximum absolute atomic E-state index is 12.5. The first-order valence-corrected chi connectivity index (χ1v) is 7.04. The lowest BCUT2D eigenvalue weighted by molar-refractivity contribution is 0.0704. The van der Waals surface area contributed by atoms with E-state index in [0.717, 1.165) is 0 Å². The van der Waals surface area contributed by atoms with Gasteiger partial charge in [-0.05, 0) is 11.4 Å². The number of nitrogens with zero attached hydrogens (tertiary/aromatic N) is 2. The van der Waals surface area contributed by atoms with Crippen LogP contribution in [0.4, 0.5) is 0 Å².